The monoisotopic (exact) mass is 388 g/mol. The van der Waals surface area contributed by atoms with Crippen LogP contribution in [0.25, 0.3) is 11.0 Å². The second-order valence-corrected chi connectivity index (χ2v) is 6.50. The molecular weight excluding hydrogens is 368 g/mol. The molecule has 0 fully saturated rings. The van der Waals surface area contributed by atoms with Crippen LogP contribution in [0.15, 0.2) is 24.4 Å². The number of nitrogens with zero attached hydrogens (tertiary/aromatic N) is 3. The van der Waals surface area contributed by atoms with Crippen molar-refractivity contribution in [1.29, 1.82) is 0 Å². The van der Waals surface area contributed by atoms with E-state index < -0.39 is 0 Å². The molecule has 0 saturated heterocycles. The first-order chi connectivity index (χ1) is 12.9. The number of benzene rings is 1. The fraction of sp³-hybridized carbons (Fsp3) is 0.316. The SMILES string of the molecule is CCCOc1c(Cl)cc(C(=O)Nc2cnc3c(c2)c(C)nn3C)cc1OC. The number of anilines is 1. The van der Waals surface area contributed by atoms with Gasteiger partial charge in [0.1, 0.15) is 0 Å². The Hall–Kier alpha value is -2.80. The van der Waals surface area contributed by atoms with Crippen LogP contribution in [0.3, 0.4) is 0 Å². The average Bonchev–Trinajstić information content (AvgIpc) is 2.93. The van der Waals surface area contributed by atoms with Gasteiger partial charge in [-0.05, 0) is 31.5 Å². The Morgan fingerprint density at radius 1 is 1.33 bits per heavy atom. The molecule has 2 aromatic heterocycles. The Labute approximate surface area is 162 Å². The number of aryl methyl sites for hydroxylation is 2. The molecule has 0 unspecified atom stereocenters. The van der Waals surface area contributed by atoms with Gasteiger partial charge in [0.05, 0.1) is 36.3 Å². The van der Waals surface area contributed by atoms with Crippen molar-refractivity contribution in [2.75, 3.05) is 19.0 Å². The summed E-state index contributed by atoms with van der Waals surface area (Å²) in [5.41, 5.74) is 2.54. The number of hydrogen-bond donors (Lipinski definition) is 1. The van der Waals surface area contributed by atoms with Gasteiger partial charge in [-0.2, -0.15) is 5.10 Å². The van der Waals surface area contributed by atoms with Crippen LogP contribution in [0.1, 0.15) is 29.4 Å². The molecule has 0 aliphatic carbocycles. The molecule has 2 heterocycles. The van der Waals surface area contributed by atoms with E-state index in [1.807, 2.05) is 27.0 Å². The highest BCUT2D eigenvalue weighted by Crippen LogP contribution is 2.36. The standard InChI is InChI=1S/C19H21ClN4O3/c1-5-6-27-17-15(20)7-12(8-16(17)26-4)19(25)22-13-9-14-11(2)23-24(3)18(14)21-10-13/h7-10H,5-6H2,1-4H3,(H,22,25). The molecule has 8 heteroatoms. The molecule has 7 nitrogen and oxygen atoms in total. The number of ether oxygens (including phenoxy) is 2. The lowest BCUT2D eigenvalue weighted by molar-refractivity contribution is 0.102. The third-order valence-electron chi connectivity index (χ3n) is 4.06. The highest BCUT2D eigenvalue weighted by Gasteiger charge is 2.17. The van der Waals surface area contributed by atoms with E-state index in [0.717, 1.165) is 23.1 Å². The van der Waals surface area contributed by atoms with Gasteiger partial charge in [0.15, 0.2) is 17.1 Å². The quantitative estimate of drug-likeness (QED) is 0.691. The predicted molar refractivity (Wildman–Crippen MR) is 105 cm³/mol. The van der Waals surface area contributed by atoms with Crippen molar-refractivity contribution >= 4 is 34.2 Å². The number of carbonyl (C=O) groups excluding carboxylic acids is 1. The first-order valence-corrected chi connectivity index (χ1v) is 8.93. The van der Waals surface area contributed by atoms with Gasteiger partial charge in [-0.1, -0.05) is 18.5 Å². The van der Waals surface area contributed by atoms with Crippen LogP contribution < -0.4 is 14.8 Å². The zero-order chi connectivity index (χ0) is 19.6. The Morgan fingerprint density at radius 3 is 2.81 bits per heavy atom. The lowest BCUT2D eigenvalue weighted by atomic mass is 10.1. The average molecular weight is 389 g/mol. The molecule has 0 spiro atoms. The molecule has 3 aromatic rings. The summed E-state index contributed by atoms with van der Waals surface area (Å²) in [5, 5.41) is 8.37. The number of rotatable bonds is 6. The maximum atomic E-state index is 12.7. The third kappa shape index (κ3) is 3.83. The van der Waals surface area contributed by atoms with Crippen molar-refractivity contribution in [3.05, 3.63) is 40.7 Å². The Kier molecular flexibility index (Phi) is 5.51. The largest absolute Gasteiger partial charge is 0.493 e. The van der Waals surface area contributed by atoms with Crippen molar-refractivity contribution in [2.24, 2.45) is 7.05 Å². The highest BCUT2D eigenvalue weighted by atomic mass is 35.5. The molecule has 0 bridgehead atoms. The Balaban J connectivity index is 1.87. The smallest absolute Gasteiger partial charge is 0.255 e. The fourth-order valence-corrected chi connectivity index (χ4v) is 3.04. The first kappa shape index (κ1) is 19.0. The van der Waals surface area contributed by atoms with Crippen LogP contribution in [0.5, 0.6) is 11.5 Å². The van der Waals surface area contributed by atoms with Gasteiger partial charge in [-0.15, -0.1) is 0 Å². The van der Waals surface area contributed by atoms with E-state index in [0.29, 0.717) is 34.4 Å². The lowest BCUT2D eigenvalue weighted by Crippen LogP contribution is -2.13. The van der Waals surface area contributed by atoms with Gasteiger partial charge in [-0.25, -0.2) is 4.98 Å². The predicted octanol–water partition coefficient (Wildman–Crippen LogP) is 3.98. The Morgan fingerprint density at radius 2 is 2.11 bits per heavy atom. The van der Waals surface area contributed by atoms with Crippen LogP contribution in [0.2, 0.25) is 5.02 Å². The molecule has 1 aromatic carbocycles. The summed E-state index contributed by atoms with van der Waals surface area (Å²) in [6, 6.07) is 5.01. The van der Waals surface area contributed by atoms with Crippen molar-refractivity contribution in [2.45, 2.75) is 20.3 Å². The van der Waals surface area contributed by atoms with Gasteiger partial charge in [-0.3, -0.25) is 9.48 Å². The normalized spacial score (nSPS) is 10.9. The molecule has 0 radical (unpaired) electrons. The number of nitrogens with one attached hydrogen (secondary N) is 1. The summed E-state index contributed by atoms with van der Waals surface area (Å²) in [6.07, 6.45) is 2.43. The fourth-order valence-electron chi connectivity index (χ4n) is 2.77. The molecule has 0 aliphatic heterocycles. The summed E-state index contributed by atoms with van der Waals surface area (Å²) in [5.74, 6) is 0.532. The van der Waals surface area contributed by atoms with Crippen molar-refractivity contribution in [1.82, 2.24) is 14.8 Å². The summed E-state index contributed by atoms with van der Waals surface area (Å²) in [6.45, 7) is 4.41. The van der Waals surface area contributed by atoms with E-state index in [2.05, 4.69) is 15.4 Å². The Bertz CT molecular complexity index is 1000. The molecule has 3 rings (SSSR count). The van der Waals surface area contributed by atoms with Crippen LogP contribution in [0.4, 0.5) is 5.69 Å². The zero-order valence-electron chi connectivity index (χ0n) is 15.7. The number of aromatic nitrogens is 3. The van der Waals surface area contributed by atoms with E-state index in [4.69, 9.17) is 21.1 Å². The summed E-state index contributed by atoms with van der Waals surface area (Å²) < 4.78 is 12.6. The second-order valence-electron chi connectivity index (χ2n) is 6.10. The van der Waals surface area contributed by atoms with Crippen molar-refractivity contribution < 1.29 is 14.3 Å². The molecular formula is C19H21ClN4O3. The first-order valence-electron chi connectivity index (χ1n) is 8.55. The maximum Gasteiger partial charge on any atom is 0.255 e. The number of halogens is 1. The van der Waals surface area contributed by atoms with Crippen LogP contribution >= 0.6 is 11.6 Å². The topological polar surface area (TPSA) is 78.3 Å². The van der Waals surface area contributed by atoms with E-state index >= 15 is 0 Å². The van der Waals surface area contributed by atoms with Gasteiger partial charge < -0.3 is 14.8 Å². The maximum absolute atomic E-state index is 12.7. The van der Waals surface area contributed by atoms with Crippen molar-refractivity contribution in [3.63, 3.8) is 0 Å². The van der Waals surface area contributed by atoms with Gasteiger partial charge >= 0.3 is 0 Å². The summed E-state index contributed by atoms with van der Waals surface area (Å²) in [7, 11) is 3.34. The number of methoxy groups -OCH3 is 1. The van der Waals surface area contributed by atoms with Gasteiger partial charge in [0, 0.05) is 18.0 Å². The molecule has 0 atom stereocenters. The number of pyridine rings is 1. The zero-order valence-corrected chi connectivity index (χ0v) is 16.4. The van der Waals surface area contributed by atoms with Crippen LogP contribution in [0, 0.1) is 6.92 Å². The van der Waals surface area contributed by atoms with Gasteiger partial charge in [0.2, 0.25) is 0 Å². The number of amides is 1. The van der Waals surface area contributed by atoms with Gasteiger partial charge in [0.25, 0.3) is 5.91 Å². The lowest BCUT2D eigenvalue weighted by Gasteiger charge is -2.14. The molecule has 142 valence electrons. The minimum Gasteiger partial charge on any atom is -0.493 e. The van der Waals surface area contributed by atoms with Crippen molar-refractivity contribution in [3.8, 4) is 11.5 Å². The molecule has 1 amide bonds. The third-order valence-corrected chi connectivity index (χ3v) is 4.34. The molecule has 0 aliphatic rings. The summed E-state index contributed by atoms with van der Waals surface area (Å²) >= 11 is 6.29. The van der Waals surface area contributed by atoms with E-state index in [9.17, 15) is 4.79 Å². The second kappa shape index (κ2) is 7.84. The van der Waals surface area contributed by atoms with Crippen LogP contribution in [-0.2, 0) is 7.05 Å². The number of fused-ring (bicyclic) bond motifs is 1. The van der Waals surface area contributed by atoms with E-state index in [1.54, 1.807) is 23.0 Å². The number of hydrogen-bond acceptors (Lipinski definition) is 5. The minimum absolute atomic E-state index is 0.320. The molecule has 27 heavy (non-hydrogen) atoms. The number of carbonyl (C=O) groups is 1. The van der Waals surface area contributed by atoms with E-state index in [1.165, 1.54) is 7.11 Å². The highest BCUT2D eigenvalue weighted by molar-refractivity contribution is 6.32. The molecule has 0 saturated carbocycles. The van der Waals surface area contributed by atoms with Crippen LogP contribution in [-0.4, -0.2) is 34.4 Å². The molecule has 1 N–H and O–H groups in total. The summed E-state index contributed by atoms with van der Waals surface area (Å²) in [4.78, 5) is 17.0. The van der Waals surface area contributed by atoms with E-state index in [-0.39, 0.29) is 5.91 Å². The minimum atomic E-state index is -0.320.